The number of ether oxygens (including phenoxy) is 2. The molecule has 2 heterocycles. The van der Waals surface area contributed by atoms with E-state index in [1.54, 1.807) is 24.3 Å². The van der Waals surface area contributed by atoms with Crippen LogP contribution < -0.4 is 20.4 Å². The fourth-order valence-corrected chi connectivity index (χ4v) is 4.03. The largest absolute Gasteiger partial charge is 0.378 e. The summed E-state index contributed by atoms with van der Waals surface area (Å²) in [6.45, 7) is 5.71. The molecule has 0 radical (unpaired) electrons. The zero-order chi connectivity index (χ0) is 22.3. The molecule has 2 aliphatic heterocycles. The van der Waals surface area contributed by atoms with Crippen LogP contribution in [0.25, 0.3) is 0 Å². The van der Waals surface area contributed by atoms with Crippen molar-refractivity contribution < 1.29 is 19.1 Å². The van der Waals surface area contributed by atoms with Crippen LogP contribution in [0.4, 0.5) is 17.1 Å². The Hall–Kier alpha value is -2.81. The van der Waals surface area contributed by atoms with E-state index in [1.165, 1.54) is 0 Å². The van der Waals surface area contributed by atoms with Crippen molar-refractivity contribution in [1.82, 2.24) is 5.32 Å². The number of benzene rings is 2. The molecule has 0 saturated carbocycles. The number of hydrogen-bond acceptors (Lipinski definition) is 6. The third-order valence-electron chi connectivity index (χ3n) is 5.51. The van der Waals surface area contributed by atoms with Gasteiger partial charge < -0.3 is 29.9 Å². The number of carbonyl (C=O) groups is 2. The van der Waals surface area contributed by atoms with Gasteiger partial charge in [-0.3, -0.25) is 9.59 Å². The molecule has 2 aromatic rings. The van der Waals surface area contributed by atoms with E-state index in [2.05, 4.69) is 26.5 Å². The van der Waals surface area contributed by atoms with Crippen LogP contribution in [-0.2, 0) is 14.3 Å². The minimum Gasteiger partial charge on any atom is -0.378 e. The first-order chi connectivity index (χ1) is 15.6. The first kappa shape index (κ1) is 22.4. The molecule has 0 aliphatic carbocycles. The second-order valence-electron chi connectivity index (χ2n) is 7.61. The number of nitrogens with zero attached hydrogens (tertiary/aromatic N) is 2. The molecule has 2 aromatic carbocycles. The van der Waals surface area contributed by atoms with E-state index in [-0.39, 0.29) is 18.4 Å². The van der Waals surface area contributed by atoms with Gasteiger partial charge in [-0.15, -0.1) is 0 Å². The second-order valence-corrected chi connectivity index (χ2v) is 8.02. The molecule has 2 fully saturated rings. The van der Waals surface area contributed by atoms with Gasteiger partial charge in [0.2, 0.25) is 5.91 Å². The summed E-state index contributed by atoms with van der Waals surface area (Å²) in [5, 5.41) is 5.92. The Morgan fingerprint density at radius 2 is 1.56 bits per heavy atom. The summed E-state index contributed by atoms with van der Waals surface area (Å²) >= 11 is 6.06. The third-order valence-corrected chi connectivity index (χ3v) is 5.84. The van der Waals surface area contributed by atoms with Gasteiger partial charge in [0.1, 0.15) is 0 Å². The normalized spacial score (nSPS) is 16.5. The predicted molar refractivity (Wildman–Crippen MR) is 125 cm³/mol. The van der Waals surface area contributed by atoms with Crippen LogP contribution in [-0.4, -0.2) is 71.0 Å². The maximum Gasteiger partial charge on any atom is 0.253 e. The average Bonchev–Trinajstić information content (AvgIpc) is 2.84. The highest BCUT2D eigenvalue weighted by molar-refractivity contribution is 6.33. The molecule has 2 aliphatic rings. The zero-order valence-electron chi connectivity index (χ0n) is 17.8. The van der Waals surface area contributed by atoms with Crippen LogP contribution in [0, 0.1) is 0 Å². The molecule has 0 aromatic heterocycles. The maximum atomic E-state index is 12.6. The Bertz CT molecular complexity index is 959. The molecular weight excluding hydrogens is 432 g/mol. The Morgan fingerprint density at radius 1 is 0.906 bits per heavy atom. The van der Waals surface area contributed by atoms with Crippen LogP contribution in [0.5, 0.6) is 0 Å². The number of nitrogens with one attached hydrogen (secondary N) is 2. The quantitative estimate of drug-likeness (QED) is 0.691. The fourth-order valence-electron chi connectivity index (χ4n) is 3.81. The monoisotopic (exact) mass is 458 g/mol. The molecule has 0 unspecified atom stereocenters. The van der Waals surface area contributed by atoms with E-state index in [9.17, 15) is 9.59 Å². The minimum atomic E-state index is -0.387. The lowest BCUT2D eigenvalue weighted by molar-refractivity contribution is -0.115. The van der Waals surface area contributed by atoms with Crippen LogP contribution in [0.2, 0.25) is 5.02 Å². The number of hydrogen-bond donors (Lipinski definition) is 2. The fraction of sp³-hybridized carbons (Fsp3) is 0.391. The van der Waals surface area contributed by atoms with Crippen molar-refractivity contribution in [2.75, 3.05) is 74.3 Å². The van der Waals surface area contributed by atoms with Crippen molar-refractivity contribution in [1.29, 1.82) is 0 Å². The Morgan fingerprint density at radius 3 is 2.25 bits per heavy atom. The average molecular weight is 459 g/mol. The van der Waals surface area contributed by atoms with Crippen LogP contribution in [0.15, 0.2) is 42.5 Å². The number of carbonyl (C=O) groups excluding carboxylic acids is 2. The first-order valence-electron chi connectivity index (χ1n) is 10.7. The van der Waals surface area contributed by atoms with E-state index in [1.807, 2.05) is 12.1 Å². The van der Waals surface area contributed by atoms with Gasteiger partial charge in [-0.2, -0.15) is 0 Å². The summed E-state index contributed by atoms with van der Waals surface area (Å²) in [6.07, 6.45) is 0. The number of morpholine rings is 2. The minimum absolute atomic E-state index is 0.155. The van der Waals surface area contributed by atoms with Crippen molar-refractivity contribution in [3.8, 4) is 0 Å². The van der Waals surface area contributed by atoms with E-state index in [0.717, 1.165) is 37.6 Å². The zero-order valence-corrected chi connectivity index (χ0v) is 18.6. The summed E-state index contributed by atoms with van der Waals surface area (Å²) in [5.74, 6) is -0.694. The van der Waals surface area contributed by atoms with Gasteiger partial charge in [-0.05, 0) is 30.3 Å². The van der Waals surface area contributed by atoms with Crippen molar-refractivity contribution in [2.24, 2.45) is 0 Å². The summed E-state index contributed by atoms with van der Waals surface area (Å²) < 4.78 is 11.0. The predicted octanol–water partition coefficient (Wildman–Crippen LogP) is 2.38. The first-order valence-corrected chi connectivity index (χ1v) is 11.1. The number of anilines is 3. The van der Waals surface area contributed by atoms with Gasteiger partial charge in [0, 0.05) is 31.9 Å². The van der Waals surface area contributed by atoms with Gasteiger partial charge >= 0.3 is 0 Å². The van der Waals surface area contributed by atoms with Crippen molar-refractivity contribution in [3.05, 3.63) is 53.1 Å². The lowest BCUT2D eigenvalue weighted by atomic mass is 10.1. The van der Waals surface area contributed by atoms with Crippen molar-refractivity contribution in [2.45, 2.75) is 0 Å². The number of halogens is 1. The molecule has 2 amide bonds. The lowest BCUT2D eigenvalue weighted by Gasteiger charge is -2.33. The Kier molecular flexibility index (Phi) is 7.47. The van der Waals surface area contributed by atoms with Crippen LogP contribution >= 0.6 is 11.6 Å². The standard InChI is InChI=1S/C23H27ClN4O4/c24-19-4-2-1-3-18(19)23(30)25-16-22(29)26-20-6-5-17(27-7-11-31-12-8-27)15-21(20)28-9-13-32-14-10-28/h1-6,15H,7-14,16H2,(H,25,30)(H,26,29). The topological polar surface area (TPSA) is 83.1 Å². The molecule has 9 heteroatoms. The molecule has 32 heavy (non-hydrogen) atoms. The van der Waals surface area contributed by atoms with Gasteiger partial charge in [0.05, 0.1) is 54.9 Å². The highest BCUT2D eigenvalue weighted by Gasteiger charge is 2.20. The van der Waals surface area contributed by atoms with Gasteiger partial charge in [0.25, 0.3) is 5.91 Å². The summed E-state index contributed by atoms with van der Waals surface area (Å²) in [5.41, 5.74) is 3.09. The molecule has 2 saturated heterocycles. The highest BCUT2D eigenvalue weighted by atomic mass is 35.5. The van der Waals surface area contributed by atoms with E-state index < -0.39 is 0 Å². The number of rotatable bonds is 6. The second kappa shape index (κ2) is 10.7. The highest BCUT2D eigenvalue weighted by Crippen LogP contribution is 2.32. The molecule has 170 valence electrons. The van der Waals surface area contributed by atoms with Gasteiger partial charge in [-0.25, -0.2) is 0 Å². The molecule has 8 nitrogen and oxygen atoms in total. The Labute approximate surface area is 192 Å². The van der Waals surface area contributed by atoms with E-state index >= 15 is 0 Å². The summed E-state index contributed by atoms with van der Waals surface area (Å²) in [6, 6.07) is 12.8. The summed E-state index contributed by atoms with van der Waals surface area (Å²) in [7, 11) is 0. The molecule has 0 bridgehead atoms. The van der Waals surface area contributed by atoms with Gasteiger partial charge in [0.15, 0.2) is 0 Å². The molecular formula is C23H27ClN4O4. The van der Waals surface area contributed by atoms with Crippen molar-refractivity contribution in [3.63, 3.8) is 0 Å². The van der Waals surface area contributed by atoms with Crippen molar-refractivity contribution >= 4 is 40.5 Å². The van der Waals surface area contributed by atoms with E-state index in [0.29, 0.717) is 42.7 Å². The molecule has 4 rings (SSSR count). The SMILES string of the molecule is O=C(CNC(=O)c1ccccc1Cl)Nc1ccc(N2CCOCC2)cc1N1CCOCC1. The maximum absolute atomic E-state index is 12.6. The molecule has 2 N–H and O–H groups in total. The summed E-state index contributed by atoms with van der Waals surface area (Å²) in [4.78, 5) is 29.5. The molecule has 0 spiro atoms. The van der Waals surface area contributed by atoms with Gasteiger partial charge in [-0.1, -0.05) is 23.7 Å². The van der Waals surface area contributed by atoms with Crippen LogP contribution in [0.3, 0.4) is 0 Å². The lowest BCUT2D eigenvalue weighted by Crippen LogP contribution is -2.38. The van der Waals surface area contributed by atoms with Crippen LogP contribution in [0.1, 0.15) is 10.4 Å². The Balaban J connectivity index is 1.45. The smallest absolute Gasteiger partial charge is 0.253 e. The number of amides is 2. The van der Waals surface area contributed by atoms with E-state index in [4.69, 9.17) is 21.1 Å². The molecule has 0 atom stereocenters. The third kappa shape index (κ3) is 5.51.